The topological polar surface area (TPSA) is 51.2 Å². The summed E-state index contributed by atoms with van der Waals surface area (Å²) in [6.45, 7) is 1.96. The molecule has 7 heteroatoms. The molecule has 0 atom stereocenters. The number of anilines is 1. The van der Waals surface area contributed by atoms with Gasteiger partial charge < -0.3 is 10.1 Å². The number of halogens is 2. The number of amides is 1. The number of hydrogen-bond acceptors (Lipinski definition) is 4. The lowest BCUT2D eigenvalue weighted by Crippen LogP contribution is -2.14. The molecule has 1 heterocycles. The van der Waals surface area contributed by atoms with Gasteiger partial charge in [0, 0.05) is 16.6 Å². The second kappa shape index (κ2) is 7.44. The standard InChI is InChI=1S/C18H14Cl2N2O2S/c1-10-21-15(9-25-10)11-3-5-12(6-4-11)22-18(23)16-13(19)7-8-14(20)17(16)24-2/h3-9H,1-2H3,(H,22,23). The summed E-state index contributed by atoms with van der Waals surface area (Å²) >= 11 is 13.8. The number of thiazole rings is 1. The third-order valence-electron chi connectivity index (χ3n) is 3.55. The first kappa shape index (κ1) is 17.7. The molecular weight excluding hydrogens is 379 g/mol. The molecule has 0 aliphatic rings. The summed E-state index contributed by atoms with van der Waals surface area (Å²) in [6, 6.07) is 10.6. The summed E-state index contributed by atoms with van der Waals surface area (Å²) in [5.41, 5.74) is 2.75. The molecule has 0 radical (unpaired) electrons. The number of carbonyl (C=O) groups excluding carboxylic acids is 1. The number of rotatable bonds is 4. The average molecular weight is 393 g/mol. The number of nitrogens with zero attached hydrogens (tertiary/aromatic N) is 1. The van der Waals surface area contributed by atoms with E-state index < -0.39 is 0 Å². The van der Waals surface area contributed by atoms with Crippen LogP contribution in [0.2, 0.25) is 10.0 Å². The van der Waals surface area contributed by atoms with E-state index in [1.54, 1.807) is 23.5 Å². The minimum atomic E-state index is -0.387. The van der Waals surface area contributed by atoms with Crippen LogP contribution in [-0.4, -0.2) is 18.0 Å². The van der Waals surface area contributed by atoms with Crippen molar-refractivity contribution in [3.05, 3.63) is 62.4 Å². The Morgan fingerprint density at radius 3 is 2.40 bits per heavy atom. The van der Waals surface area contributed by atoms with Gasteiger partial charge in [-0.1, -0.05) is 35.3 Å². The summed E-state index contributed by atoms with van der Waals surface area (Å²) in [6.07, 6.45) is 0. The maximum atomic E-state index is 12.6. The molecular formula is C18H14Cl2N2O2S. The fourth-order valence-corrected chi connectivity index (χ4v) is 3.45. The third kappa shape index (κ3) is 3.79. The van der Waals surface area contributed by atoms with Gasteiger partial charge in [0.1, 0.15) is 5.56 Å². The van der Waals surface area contributed by atoms with Crippen LogP contribution < -0.4 is 10.1 Å². The average Bonchev–Trinajstić information content (AvgIpc) is 3.03. The summed E-state index contributed by atoms with van der Waals surface area (Å²) in [4.78, 5) is 17.0. The fraction of sp³-hybridized carbons (Fsp3) is 0.111. The van der Waals surface area contributed by atoms with Crippen molar-refractivity contribution in [3.8, 4) is 17.0 Å². The summed E-state index contributed by atoms with van der Waals surface area (Å²) in [7, 11) is 1.44. The van der Waals surface area contributed by atoms with E-state index in [-0.39, 0.29) is 22.2 Å². The zero-order valence-electron chi connectivity index (χ0n) is 13.5. The molecule has 4 nitrogen and oxygen atoms in total. The third-order valence-corrected chi connectivity index (χ3v) is 4.93. The van der Waals surface area contributed by atoms with E-state index in [9.17, 15) is 4.79 Å². The Hall–Kier alpha value is -2.08. The van der Waals surface area contributed by atoms with Crippen molar-refractivity contribution in [3.63, 3.8) is 0 Å². The molecule has 3 rings (SSSR count). The van der Waals surface area contributed by atoms with Crippen molar-refractivity contribution in [2.45, 2.75) is 6.92 Å². The Labute approximate surface area is 159 Å². The maximum absolute atomic E-state index is 12.6. The molecule has 0 aliphatic heterocycles. The summed E-state index contributed by atoms with van der Waals surface area (Å²) in [5.74, 6) is -0.136. The molecule has 0 spiro atoms. The van der Waals surface area contributed by atoms with Crippen LogP contribution in [0.15, 0.2) is 41.8 Å². The molecule has 128 valence electrons. The van der Waals surface area contributed by atoms with Gasteiger partial charge in [-0.25, -0.2) is 4.98 Å². The largest absolute Gasteiger partial charge is 0.494 e. The molecule has 0 unspecified atom stereocenters. The Balaban J connectivity index is 1.83. The number of carbonyl (C=O) groups is 1. The number of nitrogens with one attached hydrogen (secondary N) is 1. The van der Waals surface area contributed by atoms with Gasteiger partial charge in [-0.05, 0) is 31.2 Å². The predicted octanol–water partition coefficient (Wildman–Crippen LogP) is 5.69. The normalized spacial score (nSPS) is 10.6. The van der Waals surface area contributed by atoms with Gasteiger partial charge in [0.25, 0.3) is 5.91 Å². The number of hydrogen-bond donors (Lipinski definition) is 1. The van der Waals surface area contributed by atoms with Crippen LogP contribution in [0, 0.1) is 6.92 Å². The second-order valence-electron chi connectivity index (χ2n) is 5.22. The van der Waals surface area contributed by atoms with Crippen molar-refractivity contribution in [2.24, 2.45) is 0 Å². The lowest BCUT2D eigenvalue weighted by atomic mass is 10.1. The quantitative estimate of drug-likeness (QED) is 0.620. The van der Waals surface area contributed by atoms with Crippen molar-refractivity contribution in [1.29, 1.82) is 0 Å². The van der Waals surface area contributed by atoms with E-state index in [1.807, 2.05) is 36.6 Å². The van der Waals surface area contributed by atoms with Crippen LogP contribution >= 0.6 is 34.5 Å². The Bertz CT molecular complexity index is 923. The van der Waals surface area contributed by atoms with Crippen molar-refractivity contribution in [2.75, 3.05) is 12.4 Å². The number of aryl methyl sites for hydroxylation is 1. The van der Waals surface area contributed by atoms with Crippen molar-refractivity contribution in [1.82, 2.24) is 4.98 Å². The van der Waals surface area contributed by atoms with Gasteiger partial charge in [0.05, 0.1) is 27.9 Å². The van der Waals surface area contributed by atoms with E-state index in [0.717, 1.165) is 16.3 Å². The fourth-order valence-electron chi connectivity index (χ4n) is 2.36. The second-order valence-corrected chi connectivity index (χ2v) is 7.10. The van der Waals surface area contributed by atoms with Crippen LogP contribution in [0.1, 0.15) is 15.4 Å². The van der Waals surface area contributed by atoms with Gasteiger partial charge in [-0.2, -0.15) is 0 Å². The van der Waals surface area contributed by atoms with Crippen LogP contribution in [0.3, 0.4) is 0 Å². The molecule has 0 fully saturated rings. The lowest BCUT2D eigenvalue weighted by molar-refractivity contribution is 0.102. The van der Waals surface area contributed by atoms with Gasteiger partial charge in [0.2, 0.25) is 0 Å². The van der Waals surface area contributed by atoms with E-state index in [4.69, 9.17) is 27.9 Å². The Morgan fingerprint density at radius 2 is 1.80 bits per heavy atom. The minimum Gasteiger partial charge on any atom is -0.494 e. The van der Waals surface area contributed by atoms with Gasteiger partial charge in [-0.3, -0.25) is 4.79 Å². The lowest BCUT2D eigenvalue weighted by Gasteiger charge is -2.12. The first-order valence-corrected chi connectivity index (χ1v) is 8.99. The summed E-state index contributed by atoms with van der Waals surface area (Å²) in [5, 5.41) is 6.41. The Morgan fingerprint density at radius 1 is 1.12 bits per heavy atom. The molecule has 3 aromatic rings. The molecule has 0 bridgehead atoms. The first-order chi connectivity index (χ1) is 12.0. The summed E-state index contributed by atoms with van der Waals surface area (Å²) < 4.78 is 5.21. The van der Waals surface area contributed by atoms with E-state index in [2.05, 4.69) is 10.3 Å². The van der Waals surface area contributed by atoms with Crippen LogP contribution in [0.4, 0.5) is 5.69 Å². The number of methoxy groups -OCH3 is 1. The number of aromatic nitrogens is 1. The van der Waals surface area contributed by atoms with Crippen molar-refractivity contribution < 1.29 is 9.53 Å². The molecule has 0 saturated heterocycles. The molecule has 0 aliphatic carbocycles. The predicted molar refractivity (Wildman–Crippen MR) is 103 cm³/mol. The van der Waals surface area contributed by atoms with E-state index >= 15 is 0 Å². The highest BCUT2D eigenvalue weighted by atomic mass is 35.5. The number of ether oxygens (including phenoxy) is 1. The van der Waals surface area contributed by atoms with Crippen LogP contribution in [-0.2, 0) is 0 Å². The molecule has 1 amide bonds. The molecule has 25 heavy (non-hydrogen) atoms. The number of benzene rings is 2. The van der Waals surface area contributed by atoms with Crippen LogP contribution in [0.25, 0.3) is 11.3 Å². The highest BCUT2D eigenvalue weighted by molar-refractivity contribution is 7.09. The zero-order chi connectivity index (χ0) is 18.0. The van der Waals surface area contributed by atoms with E-state index in [0.29, 0.717) is 10.7 Å². The van der Waals surface area contributed by atoms with Gasteiger partial charge >= 0.3 is 0 Å². The molecule has 2 aromatic carbocycles. The van der Waals surface area contributed by atoms with Gasteiger partial charge in [-0.15, -0.1) is 11.3 Å². The first-order valence-electron chi connectivity index (χ1n) is 7.35. The molecule has 1 N–H and O–H groups in total. The minimum absolute atomic E-state index is 0.205. The van der Waals surface area contributed by atoms with Gasteiger partial charge in [0.15, 0.2) is 5.75 Å². The van der Waals surface area contributed by atoms with E-state index in [1.165, 1.54) is 7.11 Å². The molecule has 1 aromatic heterocycles. The SMILES string of the molecule is COc1c(Cl)ccc(Cl)c1C(=O)Nc1ccc(-c2csc(C)n2)cc1. The highest BCUT2D eigenvalue weighted by Gasteiger charge is 2.19. The smallest absolute Gasteiger partial charge is 0.261 e. The van der Waals surface area contributed by atoms with Crippen LogP contribution in [0.5, 0.6) is 5.75 Å². The monoisotopic (exact) mass is 392 g/mol. The Kier molecular flexibility index (Phi) is 5.27. The zero-order valence-corrected chi connectivity index (χ0v) is 15.8. The van der Waals surface area contributed by atoms with Crippen molar-refractivity contribution >= 4 is 46.1 Å². The maximum Gasteiger partial charge on any atom is 0.261 e. The molecule has 0 saturated carbocycles. The highest BCUT2D eigenvalue weighted by Crippen LogP contribution is 2.34.